The summed E-state index contributed by atoms with van der Waals surface area (Å²) in [4.78, 5) is 12.1. The smallest absolute Gasteiger partial charge is 0.224 e. The molecule has 1 saturated carbocycles. The van der Waals surface area contributed by atoms with Gasteiger partial charge in [0, 0.05) is 23.9 Å². The zero-order valence-corrected chi connectivity index (χ0v) is 14.1. The molecule has 2 atom stereocenters. The van der Waals surface area contributed by atoms with Crippen LogP contribution in [0.1, 0.15) is 45.1 Å². The molecule has 1 aromatic carbocycles. The summed E-state index contributed by atoms with van der Waals surface area (Å²) in [6, 6.07) is 6.54. The van der Waals surface area contributed by atoms with Crippen LogP contribution in [-0.2, 0) is 10.2 Å². The van der Waals surface area contributed by atoms with Gasteiger partial charge in [-0.2, -0.15) is 0 Å². The first-order valence-corrected chi connectivity index (χ1v) is 7.74. The van der Waals surface area contributed by atoms with Gasteiger partial charge in [-0.1, -0.05) is 31.9 Å². The summed E-state index contributed by atoms with van der Waals surface area (Å²) in [5, 5.41) is 3.05. The van der Waals surface area contributed by atoms with Crippen LogP contribution < -0.4 is 11.1 Å². The number of nitrogens with two attached hydrogens (primary N) is 1. The maximum Gasteiger partial charge on any atom is 0.224 e. The van der Waals surface area contributed by atoms with E-state index in [1.54, 1.807) is 0 Å². The molecule has 5 heteroatoms. The summed E-state index contributed by atoms with van der Waals surface area (Å²) in [6.45, 7) is 4.29. The number of hydrogen-bond donors (Lipinski definition) is 2. The second kappa shape index (κ2) is 7.93. The summed E-state index contributed by atoms with van der Waals surface area (Å²) in [6.07, 6.45) is 4.36. The quantitative estimate of drug-likeness (QED) is 0.872. The Hall–Kier alpha value is -1.13. The van der Waals surface area contributed by atoms with Crippen LogP contribution in [0.3, 0.4) is 0 Å². The van der Waals surface area contributed by atoms with Gasteiger partial charge < -0.3 is 11.1 Å². The van der Waals surface area contributed by atoms with E-state index in [9.17, 15) is 9.18 Å². The Kier molecular flexibility index (Phi) is 6.82. The number of rotatable bonds is 5. The van der Waals surface area contributed by atoms with Crippen LogP contribution in [0, 0.1) is 11.7 Å². The lowest BCUT2D eigenvalue weighted by molar-refractivity contribution is -0.125. The molecule has 2 unspecified atom stereocenters. The fourth-order valence-corrected chi connectivity index (χ4v) is 3.08. The van der Waals surface area contributed by atoms with Crippen LogP contribution in [0.4, 0.5) is 4.39 Å². The first-order valence-electron chi connectivity index (χ1n) is 7.74. The Bertz CT molecular complexity index is 484. The number of hydrogen-bond acceptors (Lipinski definition) is 2. The zero-order chi connectivity index (χ0) is 15.5. The van der Waals surface area contributed by atoms with E-state index in [2.05, 4.69) is 5.32 Å². The standard InChI is InChI=1S/C17H25FN2O.ClH/c1-12(13(2)19)16(21)20-11-17(9-3-4-10-17)14-5-7-15(18)8-6-14;/h5-8,12-13H,3-4,9-11,19H2,1-2H3,(H,20,21);1H. The molecule has 1 amide bonds. The molecular formula is C17H26ClFN2O. The number of carbonyl (C=O) groups excluding carboxylic acids is 1. The lowest BCUT2D eigenvalue weighted by Gasteiger charge is -2.31. The van der Waals surface area contributed by atoms with Crippen molar-refractivity contribution in [1.29, 1.82) is 0 Å². The van der Waals surface area contributed by atoms with Crippen LogP contribution in [-0.4, -0.2) is 18.5 Å². The molecule has 0 spiro atoms. The van der Waals surface area contributed by atoms with E-state index in [0.717, 1.165) is 31.2 Å². The third kappa shape index (κ3) is 4.20. The SMILES string of the molecule is CC(N)C(C)C(=O)NCC1(c2ccc(F)cc2)CCCC1.Cl. The monoisotopic (exact) mass is 328 g/mol. The highest BCUT2D eigenvalue weighted by atomic mass is 35.5. The molecule has 0 aliphatic heterocycles. The summed E-state index contributed by atoms with van der Waals surface area (Å²) >= 11 is 0. The van der Waals surface area contributed by atoms with Crippen molar-refractivity contribution < 1.29 is 9.18 Å². The van der Waals surface area contributed by atoms with E-state index in [4.69, 9.17) is 5.73 Å². The van der Waals surface area contributed by atoms with E-state index < -0.39 is 0 Å². The highest BCUT2D eigenvalue weighted by Crippen LogP contribution is 2.40. The molecule has 124 valence electrons. The van der Waals surface area contributed by atoms with Crippen molar-refractivity contribution in [1.82, 2.24) is 5.32 Å². The molecule has 0 radical (unpaired) electrons. The van der Waals surface area contributed by atoms with E-state index in [0.29, 0.717) is 6.54 Å². The molecule has 1 aromatic rings. The van der Waals surface area contributed by atoms with Crippen LogP contribution in [0.25, 0.3) is 0 Å². The Morgan fingerprint density at radius 3 is 2.32 bits per heavy atom. The molecule has 1 aliphatic rings. The van der Waals surface area contributed by atoms with Crippen LogP contribution in [0.5, 0.6) is 0 Å². The lowest BCUT2D eigenvalue weighted by atomic mass is 9.78. The van der Waals surface area contributed by atoms with E-state index >= 15 is 0 Å². The Labute approximate surface area is 138 Å². The number of nitrogens with one attached hydrogen (secondary N) is 1. The van der Waals surface area contributed by atoms with Gasteiger partial charge >= 0.3 is 0 Å². The topological polar surface area (TPSA) is 55.1 Å². The maximum atomic E-state index is 13.1. The van der Waals surface area contributed by atoms with Crippen molar-refractivity contribution in [3.05, 3.63) is 35.6 Å². The van der Waals surface area contributed by atoms with Gasteiger partial charge in [-0.05, 0) is 37.5 Å². The Morgan fingerprint density at radius 2 is 1.82 bits per heavy atom. The molecule has 3 N–H and O–H groups in total. The van der Waals surface area contributed by atoms with Gasteiger partial charge in [0.05, 0.1) is 0 Å². The fourth-order valence-electron chi connectivity index (χ4n) is 3.08. The highest BCUT2D eigenvalue weighted by molar-refractivity contribution is 5.85. The van der Waals surface area contributed by atoms with Crippen LogP contribution in [0.2, 0.25) is 0 Å². The van der Waals surface area contributed by atoms with Crippen molar-refractivity contribution in [3.63, 3.8) is 0 Å². The first kappa shape index (κ1) is 18.9. The molecule has 3 nitrogen and oxygen atoms in total. The summed E-state index contributed by atoms with van der Waals surface area (Å²) in [7, 11) is 0. The highest BCUT2D eigenvalue weighted by Gasteiger charge is 2.36. The van der Waals surface area contributed by atoms with E-state index in [-0.39, 0.29) is 41.5 Å². The van der Waals surface area contributed by atoms with Crippen molar-refractivity contribution in [2.75, 3.05) is 6.54 Å². The predicted octanol–water partition coefficient (Wildman–Crippen LogP) is 3.16. The van der Waals surface area contributed by atoms with Crippen LogP contribution in [0.15, 0.2) is 24.3 Å². The minimum atomic E-state index is -0.221. The average molecular weight is 329 g/mol. The molecule has 0 saturated heterocycles. The van der Waals surface area contributed by atoms with Crippen molar-refractivity contribution in [2.45, 2.75) is 51.0 Å². The largest absolute Gasteiger partial charge is 0.355 e. The summed E-state index contributed by atoms with van der Waals surface area (Å²) in [5.41, 5.74) is 6.84. The second-order valence-corrected chi connectivity index (χ2v) is 6.36. The number of carbonyl (C=O) groups is 1. The molecule has 2 rings (SSSR count). The third-order valence-corrected chi connectivity index (χ3v) is 4.82. The number of benzene rings is 1. The van der Waals surface area contributed by atoms with Gasteiger partial charge in [-0.25, -0.2) is 4.39 Å². The molecule has 0 heterocycles. The first-order chi connectivity index (χ1) is 9.94. The van der Waals surface area contributed by atoms with Gasteiger partial charge in [0.25, 0.3) is 0 Å². The molecule has 0 aromatic heterocycles. The van der Waals surface area contributed by atoms with Gasteiger partial charge in [-0.15, -0.1) is 12.4 Å². The van der Waals surface area contributed by atoms with Gasteiger partial charge in [0.15, 0.2) is 0 Å². The molecule has 1 aliphatic carbocycles. The maximum absolute atomic E-state index is 13.1. The van der Waals surface area contributed by atoms with Gasteiger partial charge in [0.1, 0.15) is 5.82 Å². The average Bonchev–Trinajstić information content (AvgIpc) is 2.94. The lowest BCUT2D eigenvalue weighted by Crippen LogP contribution is -2.44. The minimum absolute atomic E-state index is 0. The van der Waals surface area contributed by atoms with Crippen molar-refractivity contribution in [2.24, 2.45) is 11.7 Å². The predicted molar refractivity (Wildman–Crippen MR) is 89.6 cm³/mol. The number of halogens is 2. The number of amides is 1. The molecular weight excluding hydrogens is 303 g/mol. The van der Waals surface area contributed by atoms with Crippen LogP contribution >= 0.6 is 12.4 Å². The van der Waals surface area contributed by atoms with Gasteiger partial charge in [-0.3, -0.25) is 4.79 Å². The Balaban J connectivity index is 0.00000242. The van der Waals surface area contributed by atoms with E-state index in [1.807, 2.05) is 26.0 Å². The van der Waals surface area contributed by atoms with Crippen molar-refractivity contribution in [3.8, 4) is 0 Å². The van der Waals surface area contributed by atoms with Crippen molar-refractivity contribution >= 4 is 18.3 Å². The molecule has 22 heavy (non-hydrogen) atoms. The minimum Gasteiger partial charge on any atom is -0.355 e. The normalized spacial score (nSPS) is 19.1. The molecule has 1 fully saturated rings. The zero-order valence-electron chi connectivity index (χ0n) is 13.3. The van der Waals surface area contributed by atoms with E-state index in [1.165, 1.54) is 12.1 Å². The summed E-state index contributed by atoms with van der Waals surface area (Å²) in [5.74, 6) is -0.420. The fraction of sp³-hybridized carbons (Fsp3) is 0.588. The Morgan fingerprint density at radius 1 is 1.27 bits per heavy atom. The molecule has 0 bridgehead atoms. The second-order valence-electron chi connectivity index (χ2n) is 6.36. The summed E-state index contributed by atoms with van der Waals surface area (Å²) < 4.78 is 13.1. The third-order valence-electron chi connectivity index (χ3n) is 4.82. The van der Waals surface area contributed by atoms with Gasteiger partial charge in [0.2, 0.25) is 5.91 Å².